The predicted molar refractivity (Wildman–Crippen MR) is 59.5 cm³/mol. The van der Waals surface area contributed by atoms with E-state index in [1.807, 2.05) is 12.1 Å². The van der Waals surface area contributed by atoms with Crippen molar-refractivity contribution in [3.8, 4) is 0 Å². The summed E-state index contributed by atoms with van der Waals surface area (Å²) in [5, 5.41) is 11.5. The van der Waals surface area contributed by atoms with Gasteiger partial charge in [-0.3, -0.25) is 0 Å². The van der Waals surface area contributed by atoms with Crippen LogP contribution in [-0.4, -0.2) is 11.7 Å². The third kappa shape index (κ3) is 1.51. The molecule has 0 heterocycles. The normalized spacial score (nSPS) is 10.7. The third-order valence-corrected chi connectivity index (χ3v) is 2.64. The van der Waals surface area contributed by atoms with Gasteiger partial charge in [-0.1, -0.05) is 36.4 Å². The van der Waals surface area contributed by atoms with Gasteiger partial charge in [-0.05, 0) is 35.2 Å². The van der Waals surface area contributed by atoms with Crippen LogP contribution in [-0.2, 0) is 6.42 Å². The number of aryl methyl sites for hydroxylation is 1. The van der Waals surface area contributed by atoms with Gasteiger partial charge in [0.05, 0.1) is 0 Å². The van der Waals surface area contributed by atoms with Crippen molar-refractivity contribution >= 4 is 10.8 Å². The third-order valence-electron chi connectivity index (χ3n) is 2.64. The smallest absolute Gasteiger partial charge is 0.0471 e. The van der Waals surface area contributed by atoms with Crippen molar-refractivity contribution in [2.24, 2.45) is 0 Å². The lowest BCUT2D eigenvalue weighted by Crippen LogP contribution is -1.95. The maximum absolute atomic E-state index is 9.00. The molecule has 0 aliphatic carbocycles. The molecule has 0 saturated heterocycles. The minimum Gasteiger partial charge on any atom is -0.396 e. The number of aliphatic hydroxyl groups excluding tert-OH is 1. The minimum absolute atomic E-state index is 0.217. The second kappa shape index (κ2) is 3.81. The van der Waals surface area contributed by atoms with Gasteiger partial charge in [-0.2, -0.15) is 0 Å². The van der Waals surface area contributed by atoms with Crippen molar-refractivity contribution in [1.82, 2.24) is 0 Å². The molecule has 2 rings (SSSR count). The van der Waals surface area contributed by atoms with Gasteiger partial charge in [0, 0.05) is 6.61 Å². The summed E-state index contributed by atoms with van der Waals surface area (Å²) in [5.41, 5.74) is 2.53. The minimum atomic E-state index is 0.217. The van der Waals surface area contributed by atoms with Gasteiger partial charge < -0.3 is 5.11 Å². The zero-order valence-electron chi connectivity index (χ0n) is 8.33. The van der Waals surface area contributed by atoms with Crippen LogP contribution in [0.25, 0.3) is 10.8 Å². The highest BCUT2D eigenvalue weighted by Gasteiger charge is 2.02. The number of hydrogen-bond donors (Lipinski definition) is 1. The molecule has 0 spiro atoms. The fraction of sp³-hybridized carbons (Fsp3) is 0.231. The molecule has 0 amide bonds. The van der Waals surface area contributed by atoms with Crippen molar-refractivity contribution in [1.29, 1.82) is 0 Å². The van der Waals surface area contributed by atoms with Crippen LogP contribution in [0.4, 0.5) is 0 Å². The molecule has 2 aromatic rings. The molecule has 0 aliphatic rings. The van der Waals surface area contributed by atoms with E-state index >= 15 is 0 Å². The van der Waals surface area contributed by atoms with E-state index in [1.54, 1.807) is 0 Å². The van der Waals surface area contributed by atoms with Gasteiger partial charge in [0.2, 0.25) is 0 Å². The molecular formula is C13H14O. The van der Waals surface area contributed by atoms with Crippen LogP contribution in [0, 0.1) is 6.92 Å². The molecule has 0 radical (unpaired) electrons. The van der Waals surface area contributed by atoms with Crippen LogP contribution in [0.2, 0.25) is 0 Å². The number of aliphatic hydroxyl groups is 1. The Labute approximate surface area is 84.0 Å². The summed E-state index contributed by atoms with van der Waals surface area (Å²) in [5.74, 6) is 0. The highest BCUT2D eigenvalue weighted by atomic mass is 16.2. The average Bonchev–Trinajstić information content (AvgIpc) is 2.23. The summed E-state index contributed by atoms with van der Waals surface area (Å²) < 4.78 is 0. The molecule has 14 heavy (non-hydrogen) atoms. The molecule has 1 nitrogen and oxygen atoms in total. The zero-order valence-corrected chi connectivity index (χ0v) is 8.33. The molecule has 0 fully saturated rings. The van der Waals surface area contributed by atoms with Gasteiger partial charge >= 0.3 is 0 Å². The highest BCUT2D eigenvalue weighted by Crippen LogP contribution is 2.22. The first-order valence-electron chi connectivity index (χ1n) is 4.91. The summed E-state index contributed by atoms with van der Waals surface area (Å²) in [7, 11) is 0. The Morgan fingerprint density at radius 1 is 1.07 bits per heavy atom. The summed E-state index contributed by atoms with van der Waals surface area (Å²) in [4.78, 5) is 0. The molecule has 0 atom stereocenters. The molecule has 72 valence electrons. The predicted octanol–water partition coefficient (Wildman–Crippen LogP) is 2.68. The largest absolute Gasteiger partial charge is 0.396 e. The number of rotatable bonds is 2. The number of benzene rings is 2. The Bertz CT molecular complexity index is 446. The van der Waals surface area contributed by atoms with Crippen LogP contribution in [0.15, 0.2) is 36.4 Å². The number of fused-ring (bicyclic) bond motifs is 1. The molecular weight excluding hydrogens is 172 g/mol. The molecule has 0 saturated carbocycles. The molecule has 0 aromatic heterocycles. The summed E-state index contributed by atoms with van der Waals surface area (Å²) in [6, 6.07) is 12.6. The van der Waals surface area contributed by atoms with Crippen molar-refractivity contribution < 1.29 is 5.11 Å². The van der Waals surface area contributed by atoms with Crippen molar-refractivity contribution in [2.75, 3.05) is 6.61 Å². The zero-order chi connectivity index (χ0) is 9.97. The quantitative estimate of drug-likeness (QED) is 0.764. The van der Waals surface area contributed by atoms with Gasteiger partial charge in [0.25, 0.3) is 0 Å². The van der Waals surface area contributed by atoms with Gasteiger partial charge in [-0.15, -0.1) is 0 Å². The average molecular weight is 186 g/mol. The maximum atomic E-state index is 9.00. The molecule has 0 bridgehead atoms. The van der Waals surface area contributed by atoms with E-state index in [2.05, 4.69) is 31.2 Å². The Hall–Kier alpha value is -1.34. The fourth-order valence-electron chi connectivity index (χ4n) is 1.89. The first-order chi connectivity index (χ1) is 6.83. The molecule has 0 unspecified atom stereocenters. The van der Waals surface area contributed by atoms with Crippen molar-refractivity contribution in [3.63, 3.8) is 0 Å². The topological polar surface area (TPSA) is 20.2 Å². The van der Waals surface area contributed by atoms with Crippen LogP contribution in [0.3, 0.4) is 0 Å². The van der Waals surface area contributed by atoms with Crippen LogP contribution in [0.5, 0.6) is 0 Å². The summed E-state index contributed by atoms with van der Waals surface area (Å²) >= 11 is 0. The van der Waals surface area contributed by atoms with E-state index < -0.39 is 0 Å². The SMILES string of the molecule is Cc1ccc2ccccc2c1CCO. The number of hydrogen-bond acceptors (Lipinski definition) is 1. The second-order valence-corrected chi connectivity index (χ2v) is 3.56. The first-order valence-corrected chi connectivity index (χ1v) is 4.91. The second-order valence-electron chi connectivity index (χ2n) is 3.56. The van der Waals surface area contributed by atoms with Gasteiger partial charge in [0.15, 0.2) is 0 Å². The van der Waals surface area contributed by atoms with E-state index in [0.29, 0.717) is 0 Å². The molecule has 0 aliphatic heterocycles. The standard InChI is InChI=1S/C13H14O/c1-10-6-7-11-4-2-3-5-13(11)12(10)8-9-14/h2-7,14H,8-9H2,1H3. The van der Waals surface area contributed by atoms with Crippen molar-refractivity contribution in [2.45, 2.75) is 13.3 Å². The lowest BCUT2D eigenvalue weighted by molar-refractivity contribution is 0.300. The Balaban J connectivity index is 2.69. The summed E-state index contributed by atoms with van der Waals surface area (Å²) in [6.07, 6.45) is 0.743. The van der Waals surface area contributed by atoms with Crippen LogP contribution in [0.1, 0.15) is 11.1 Å². The Kier molecular flexibility index (Phi) is 2.51. The lowest BCUT2D eigenvalue weighted by Gasteiger charge is -2.08. The van der Waals surface area contributed by atoms with E-state index in [0.717, 1.165) is 6.42 Å². The first kappa shape index (κ1) is 9.22. The Morgan fingerprint density at radius 3 is 2.64 bits per heavy atom. The van der Waals surface area contributed by atoms with E-state index in [9.17, 15) is 0 Å². The van der Waals surface area contributed by atoms with Gasteiger partial charge in [0.1, 0.15) is 0 Å². The van der Waals surface area contributed by atoms with Gasteiger partial charge in [-0.25, -0.2) is 0 Å². The molecule has 1 heteroatoms. The monoisotopic (exact) mass is 186 g/mol. The van der Waals surface area contributed by atoms with E-state index in [-0.39, 0.29) is 6.61 Å². The highest BCUT2D eigenvalue weighted by molar-refractivity contribution is 5.86. The molecule has 2 aromatic carbocycles. The van der Waals surface area contributed by atoms with Crippen molar-refractivity contribution in [3.05, 3.63) is 47.5 Å². The lowest BCUT2D eigenvalue weighted by atomic mass is 9.98. The fourth-order valence-corrected chi connectivity index (χ4v) is 1.89. The Morgan fingerprint density at radius 2 is 1.86 bits per heavy atom. The summed E-state index contributed by atoms with van der Waals surface area (Å²) in [6.45, 7) is 2.31. The molecule has 1 N–H and O–H groups in total. The maximum Gasteiger partial charge on any atom is 0.0471 e. The van der Waals surface area contributed by atoms with E-state index in [4.69, 9.17) is 5.11 Å². The van der Waals surface area contributed by atoms with E-state index in [1.165, 1.54) is 21.9 Å². The van der Waals surface area contributed by atoms with Crippen LogP contribution >= 0.6 is 0 Å². The van der Waals surface area contributed by atoms with Crippen LogP contribution < -0.4 is 0 Å².